The van der Waals surface area contributed by atoms with E-state index in [1.807, 2.05) is 43.3 Å². The molecule has 1 atom stereocenters. The van der Waals surface area contributed by atoms with Crippen LogP contribution in [0.3, 0.4) is 0 Å². The summed E-state index contributed by atoms with van der Waals surface area (Å²) in [6.45, 7) is 8.19. The maximum Gasteiger partial charge on any atom is 0.266 e. The van der Waals surface area contributed by atoms with Crippen molar-refractivity contribution >= 4 is 10.9 Å². The van der Waals surface area contributed by atoms with Gasteiger partial charge in [0.05, 0.1) is 29.8 Å². The molecule has 1 heterocycles. The third kappa shape index (κ3) is 5.64. The normalized spacial score (nSPS) is 12.1. The number of nitrogens with one attached hydrogen (secondary N) is 1. The number of ether oxygens (including phenoxy) is 2. The summed E-state index contributed by atoms with van der Waals surface area (Å²) in [6, 6.07) is 13.0. The smallest absolute Gasteiger partial charge is 0.266 e. The third-order valence-corrected chi connectivity index (χ3v) is 5.45. The minimum atomic E-state index is -0.111. The predicted molar refractivity (Wildman–Crippen MR) is 126 cm³/mol. The molecule has 6 heteroatoms. The molecule has 2 aromatic carbocycles. The van der Waals surface area contributed by atoms with E-state index in [1.54, 1.807) is 17.7 Å². The van der Waals surface area contributed by atoms with E-state index in [2.05, 4.69) is 24.1 Å². The zero-order chi connectivity index (χ0) is 22.2. The fourth-order valence-corrected chi connectivity index (χ4v) is 3.61. The molecule has 3 rings (SSSR count). The SMILES string of the molecule is CCCCNCCC(CC)Oc1ccc(-n2c(C)nc3ccc(OC)cc3c2=O)cc1. The van der Waals surface area contributed by atoms with Crippen LogP contribution in [0.5, 0.6) is 11.5 Å². The van der Waals surface area contributed by atoms with E-state index < -0.39 is 0 Å². The van der Waals surface area contributed by atoms with Crippen molar-refractivity contribution in [3.8, 4) is 17.2 Å². The average molecular weight is 424 g/mol. The Labute approximate surface area is 184 Å². The summed E-state index contributed by atoms with van der Waals surface area (Å²) in [7, 11) is 1.59. The number of aromatic nitrogens is 2. The van der Waals surface area contributed by atoms with Crippen LogP contribution in [0.2, 0.25) is 0 Å². The fourth-order valence-electron chi connectivity index (χ4n) is 3.61. The first-order valence-electron chi connectivity index (χ1n) is 11.1. The lowest BCUT2D eigenvalue weighted by Gasteiger charge is -2.18. The van der Waals surface area contributed by atoms with Gasteiger partial charge in [0.1, 0.15) is 17.3 Å². The van der Waals surface area contributed by atoms with Crippen LogP contribution in [0.25, 0.3) is 16.6 Å². The summed E-state index contributed by atoms with van der Waals surface area (Å²) in [4.78, 5) is 17.7. The highest BCUT2D eigenvalue weighted by atomic mass is 16.5. The van der Waals surface area contributed by atoms with E-state index in [0.29, 0.717) is 22.5 Å². The highest BCUT2D eigenvalue weighted by molar-refractivity contribution is 5.79. The number of hydrogen-bond donors (Lipinski definition) is 1. The average Bonchev–Trinajstić information content (AvgIpc) is 2.79. The highest BCUT2D eigenvalue weighted by Crippen LogP contribution is 2.21. The summed E-state index contributed by atoms with van der Waals surface area (Å²) < 4.78 is 13.1. The van der Waals surface area contributed by atoms with Crippen LogP contribution in [0.1, 0.15) is 45.4 Å². The Bertz CT molecular complexity index is 1040. The number of nitrogens with zero attached hydrogens (tertiary/aromatic N) is 2. The number of fused-ring (bicyclic) bond motifs is 1. The van der Waals surface area contributed by atoms with Gasteiger partial charge in [-0.05, 0) is 81.7 Å². The Morgan fingerprint density at radius 3 is 2.48 bits per heavy atom. The van der Waals surface area contributed by atoms with Crippen molar-refractivity contribution in [2.24, 2.45) is 0 Å². The Morgan fingerprint density at radius 1 is 1.06 bits per heavy atom. The predicted octanol–water partition coefficient (Wildman–Crippen LogP) is 4.64. The molecule has 1 unspecified atom stereocenters. The largest absolute Gasteiger partial charge is 0.497 e. The van der Waals surface area contributed by atoms with Gasteiger partial charge in [0, 0.05) is 0 Å². The van der Waals surface area contributed by atoms with Gasteiger partial charge in [0.2, 0.25) is 0 Å². The van der Waals surface area contributed by atoms with Crippen molar-refractivity contribution in [2.45, 2.75) is 52.6 Å². The molecule has 1 aromatic heterocycles. The number of methoxy groups -OCH3 is 1. The number of benzene rings is 2. The number of aryl methyl sites for hydroxylation is 1. The summed E-state index contributed by atoms with van der Waals surface area (Å²) in [5.74, 6) is 2.09. The molecular weight excluding hydrogens is 390 g/mol. The molecule has 3 aromatic rings. The van der Waals surface area contributed by atoms with Gasteiger partial charge in [-0.3, -0.25) is 9.36 Å². The third-order valence-electron chi connectivity index (χ3n) is 5.45. The van der Waals surface area contributed by atoms with Crippen LogP contribution in [-0.2, 0) is 0 Å². The van der Waals surface area contributed by atoms with Gasteiger partial charge in [0.15, 0.2) is 0 Å². The summed E-state index contributed by atoms with van der Waals surface area (Å²) in [6.07, 6.45) is 4.49. The van der Waals surface area contributed by atoms with Crippen LogP contribution in [0.4, 0.5) is 0 Å². The van der Waals surface area contributed by atoms with Crippen LogP contribution >= 0.6 is 0 Å². The van der Waals surface area contributed by atoms with Crippen molar-refractivity contribution in [1.82, 2.24) is 14.9 Å². The zero-order valence-electron chi connectivity index (χ0n) is 19.0. The molecule has 0 amide bonds. The quantitative estimate of drug-likeness (QED) is 0.455. The molecule has 0 radical (unpaired) electrons. The number of rotatable bonds is 11. The molecule has 0 aliphatic carbocycles. The van der Waals surface area contributed by atoms with Gasteiger partial charge in [-0.15, -0.1) is 0 Å². The Morgan fingerprint density at radius 2 is 1.81 bits per heavy atom. The molecule has 1 N–H and O–H groups in total. The van der Waals surface area contributed by atoms with Gasteiger partial charge < -0.3 is 14.8 Å². The topological polar surface area (TPSA) is 65.4 Å². The lowest BCUT2D eigenvalue weighted by atomic mass is 10.2. The van der Waals surface area contributed by atoms with Crippen LogP contribution in [-0.4, -0.2) is 35.9 Å². The van der Waals surface area contributed by atoms with E-state index in [1.165, 1.54) is 12.8 Å². The van der Waals surface area contributed by atoms with Crippen molar-refractivity contribution in [3.63, 3.8) is 0 Å². The second-order valence-electron chi connectivity index (χ2n) is 7.72. The fraction of sp³-hybridized carbons (Fsp3) is 0.440. The van der Waals surface area contributed by atoms with E-state index >= 15 is 0 Å². The lowest BCUT2D eigenvalue weighted by molar-refractivity contribution is 0.186. The minimum absolute atomic E-state index is 0.111. The molecule has 0 aliphatic heterocycles. The van der Waals surface area contributed by atoms with Crippen LogP contribution in [0, 0.1) is 6.92 Å². The second kappa shape index (κ2) is 11.0. The van der Waals surface area contributed by atoms with E-state index in [0.717, 1.165) is 37.4 Å². The number of hydrogen-bond acceptors (Lipinski definition) is 5. The molecular formula is C25H33N3O3. The van der Waals surface area contributed by atoms with Crippen molar-refractivity contribution < 1.29 is 9.47 Å². The molecule has 0 spiro atoms. The highest BCUT2D eigenvalue weighted by Gasteiger charge is 2.12. The molecule has 0 saturated carbocycles. The Kier molecular flexibility index (Phi) is 8.06. The van der Waals surface area contributed by atoms with Gasteiger partial charge in [-0.25, -0.2) is 4.98 Å². The van der Waals surface area contributed by atoms with Crippen LogP contribution < -0.4 is 20.3 Å². The first kappa shape index (κ1) is 22.8. The molecule has 6 nitrogen and oxygen atoms in total. The Hall–Kier alpha value is -2.86. The monoisotopic (exact) mass is 423 g/mol. The van der Waals surface area contributed by atoms with Crippen molar-refractivity contribution in [3.05, 3.63) is 58.6 Å². The summed E-state index contributed by atoms with van der Waals surface area (Å²) in [5, 5.41) is 4.00. The van der Waals surface area contributed by atoms with E-state index in [-0.39, 0.29) is 11.7 Å². The van der Waals surface area contributed by atoms with E-state index in [4.69, 9.17) is 9.47 Å². The molecule has 0 aliphatic rings. The minimum Gasteiger partial charge on any atom is -0.497 e. The maximum atomic E-state index is 13.1. The van der Waals surface area contributed by atoms with Gasteiger partial charge >= 0.3 is 0 Å². The number of unbranched alkanes of at least 4 members (excludes halogenated alkanes) is 1. The molecule has 31 heavy (non-hydrogen) atoms. The first-order valence-corrected chi connectivity index (χ1v) is 11.1. The first-order chi connectivity index (χ1) is 15.1. The standard InChI is InChI=1S/C25H33N3O3/c1-5-7-15-26-16-14-20(6-2)31-21-10-8-19(9-11-21)28-18(3)27-24-13-12-22(30-4)17-23(24)25(28)29/h8-13,17,20,26H,5-7,14-16H2,1-4H3. The summed E-state index contributed by atoms with van der Waals surface area (Å²) >= 11 is 0. The van der Waals surface area contributed by atoms with Gasteiger partial charge in [-0.2, -0.15) is 0 Å². The zero-order valence-corrected chi connectivity index (χ0v) is 19.0. The molecule has 0 saturated heterocycles. The lowest BCUT2D eigenvalue weighted by Crippen LogP contribution is -2.24. The van der Waals surface area contributed by atoms with Crippen molar-refractivity contribution in [1.29, 1.82) is 0 Å². The Balaban J connectivity index is 1.76. The second-order valence-corrected chi connectivity index (χ2v) is 7.72. The molecule has 166 valence electrons. The summed E-state index contributed by atoms with van der Waals surface area (Å²) in [5.41, 5.74) is 1.32. The molecule has 0 bridgehead atoms. The van der Waals surface area contributed by atoms with Gasteiger partial charge in [-0.1, -0.05) is 20.3 Å². The van der Waals surface area contributed by atoms with Crippen molar-refractivity contribution in [2.75, 3.05) is 20.2 Å². The molecule has 0 fully saturated rings. The van der Waals surface area contributed by atoms with Crippen LogP contribution in [0.15, 0.2) is 47.3 Å². The maximum absolute atomic E-state index is 13.1. The van der Waals surface area contributed by atoms with Gasteiger partial charge in [0.25, 0.3) is 5.56 Å². The van der Waals surface area contributed by atoms with E-state index in [9.17, 15) is 4.79 Å².